The Kier molecular flexibility index (Phi) is 4.84. The lowest BCUT2D eigenvalue weighted by atomic mass is 9.69. The first-order chi connectivity index (χ1) is 10.3. The predicted molar refractivity (Wildman–Crippen MR) is 86.6 cm³/mol. The van der Waals surface area contributed by atoms with Crippen LogP contribution in [0.15, 0.2) is 23.4 Å². The molecule has 1 aromatic heterocycles. The van der Waals surface area contributed by atoms with Crippen LogP contribution in [0.25, 0.3) is 0 Å². The van der Waals surface area contributed by atoms with Gasteiger partial charge in [-0.1, -0.05) is 25.7 Å². The van der Waals surface area contributed by atoms with Crippen molar-refractivity contribution in [3.63, 3.8) is 0 Å². The Bertz CT molecular complexity index is 505. The van der Waals surface area contributed by atoms with E-state index < -0.39 is 0 Å². The molecule has 3 rings (SSSR count). The maximum absolute atomic E-state index is 12.5. The van der Waals surface area contributed by atoms with E-state index in [-0.39, 0.29) is 5.91 Å². The molecule has 0 radical (unpaired) electrons. The molecule has 114 valence electrons. The number of nitrogens with one attached hydrogen (secondary N) is 1. The van der Waals surface area contributed by atoms with Crippen LogP contribution in [0.5, 0.6) is 0 Å². The maximum Gasteiger partial charge on any atom is 0.254 e. The second kappa shape index (κ2) is 6.82. The van der Waals surface area contributed by atoms with Crippen molar-refractivity contribution >= 4 is 17.7 Å². The zero-order valence-electron chi connectivity index (χ0n) is 12.7. The van der Waals surface area contributed by atoms with Gasteiger partial charge in [-0.3, -0.25) is 4.79 Å². The lowest BCUT2D eigenvalue weighted by Crippen LogP contribution is -2.41. The number of hydrogen-bond donors (Lipinski definition) is 1. The summed E-state index contributed by atoms with van der Waals surface area (Å²) in [5, 5.41) is 4.07. The van der Waals surface area contributed by atoms with Gasteiger partial charge < -0.3 is 5.32 Å². The number of hydrogen-bond acceptors (Lipinski definition) is 3. The lowest BCUT2D eigenvalue weighted by Gasteiger charge is -2.39. The average Bonchev–Trinajstić information content (AvgIpc) is 2.54. The molecule has 0 bridgehead atoms. The van der Waals surface area contributed by atoms with E-state index in [0.717, 1.165) is 28.8 Å². The van der Waals surface area contributed by atoms with E-state index in [1.54, 1.807) is 6.20 Å². The summed E-state index contributed by atoms with van der Waals surface area (Å²) >= 11 is 1.53. The van der Waals surface area contributed by atoms with E-state index in [1.807, 2.05) is 18.4 Å². The number of amides is 1. The van der Waals surface area contributed by atoms with Crippen LogP contribution in [0.3, 0.4) is 0 Å². The third-order valence-electron chi connectivity index (χ3n) is 5.08. The van der Waals surface area contributed by atoms with Crippen molar-refractivity contribution in [1.82, 2.24) is 10.3 Å². The number of pyridine rings is 1. The highest BCUT2D eigenvalue weighted by atomic mass is 32.2. The summed E-state index contributed by atoms with van der Waals surface area (Å²) < 4.78 is 0. The van der Waals surface area contributed by atoms with Crippen LogP contribution in [0.1, 0.15) is 55.3 Å². The Morgan fingerprint density at radius 1 is 1.24 bits per heavy atom. The minimum Gasteiger partial charge on any atom is -0.349 e. The molecule has 2 saturated carbocycles. The average molecular weight is 304 g/mol. The Balaban J connectivity index is 1.62. The van der Waals surface area contributed by atoms with Crippen molar-refractivity contribution < 1.29 is 4.79 Å². The number of carbonyl (C=O) groups is 1. The van der Waals surface area contributed by atoms with Gasteiger partial charge in [-0.25, -0.2) is 4.98 Å². The molecule has 0 spiro atoms. The Labute approximate surface area is 131 Å². The van der Waals surface area contributed by atoms with E-state index in [4.69, 9.17) is 0 Å². The number of carbonyl (C=O) groups excluding carboxylic acids is 1. The standard InChI is InChI=1S/C17H24N2OS/c1-21-17-15(7-4-10-18-17)16(20)19-14-9-8-12-5-2-3-6-13(12)11-14/h4,7,10,12-14H,2-3,5-6,8-9,11H2,1H3,(H,19,20)/t12-,13+,14-/m1/s1. The van der Waals surface area contributed by atoms with Gasteiger partial charge in [0.15, 0.2) is 0 Å². The third-order valence-corrected chi connectivity index (χ3v) is 5.80. The largest absolute Gasteiger partial charge is 0.349 e. The first-order valence-electron chi connectivity index (χ1n) is 8.08. The fourth-order valence-electron chi connectivity index (χ4n) is 3.99. The summed E-state index contributed by atoms with van der Waals surface area (Å²) in [6, 6.07) is 4.07. The number of rotatable bonds is 3. The summed E-state index contributed by atoms with van der Waals surface area (Å²) in [7, 11) is 0. The molecule has 0 saturated heterocycles. The van der Waals surface area contributed by atoms with Gasteiger partial charge in [-0.15, -0.1) is 11.8 Å². The van der Waals surface area contributed by atoms with Crippen molar-refractivity contribution in [3.05, 3.63) is 23.9 Å². The number of aromatic nitrogens is 1. The molecule has 2 fully saturated rings. The van der Waals surface area contributed by atoms with E-state index in [2.05, 4.69) is 10.3 Å². The molecule has 1 heterocycles. The van der Waals surface area contributed by atoms with Crippen molar-refractivity contribution in [2.45, 2.75) is 56.0 Å². The van der Waals surface area contributed by atoms with Crippen LogP contribution in [0, 0.1) is 11.8 Å². The fraction of sp³-hybridized carbons (Fsp3) is 0.647. The van der Waals surface area contributed by atoms with Crippen molar-refractivity contribution in [2.75, 3.05) is 6.26 Å². The Morgan fingerprint density at radius 3 is 2.86 bits per heavy atom. The molecule has 4 heteroatoms. The van der Waals surface area contributed by atoms with Gasteiger partial charge >= 0.3 is 0 Å². The second-order valence-corrected chi connectivity index (χ2v) is 7.14. The van der Waals surface area contributed by atoms with Gasteiger partial charge in [-0.05, 0) is 49.5 Å². The summed E-state index contributed by atoms with van der Waals surface area (Å²) in [6.07, 6.45) is 12.9. The quantitative estimate of drug-likeness (QED) is 0.861. The zero-order valence-corrected chi connectivity index (χ0v) is 13.5. The van der Waals surface area contributed by atoms with E-state index >= 15 is 0 Å². The molecule has 2 aliphatic rings. The van der Waals surface area contributed by atoms with Crippen molar-refractivity contribution in [2.24, 2.45) is 11.8 Å². The van der Waals surface area contributed by atoms with Crippen LogP contribution in [-0.4, -0.2) is 23.2 Å². The molecule has 3 nitrogen and oxygen atoms in total. The van der Waals surface area contributed by atoms with Crippen molar-refractivity contribution in [1.29, 1.82) is 0 Å². The highest BCUT2D eigenvalue weighted by Gasteiger charge is 2.32. The number of nitrogens with zero attached hydrogens (tertiary/aromatic N) is 1. The first kappa shape index (κ1) is 14.9. The Hall–Kier alpha value is -1.03. The molecule has 21 heavy (non-hydrogen) atoms. The smallest absolute Gasteiger partial charge is 0.254 e. The highest BCUT2D eigenvalue weighted by Crippen LogP contribution is 2.40. The van der Waals surface area contributed by atoms with Crippen LogP contribution in [-0.2, 0) is 0 Å². The van der Waals surface area contributed by atoms with Gasteiger partial charge in [0.05, 0.1) is 5.56 Å². The maximum atomic E-state index is 12.5. The minimum absolute atomic E-state index is 0.0479. The third kappa shape index (κ3) is 3.42. The topological polar surface area (TPSA) is 42.0 Å². The van der Waals surface area contributed by atoms with Gasteiger partial charge in [0.2, 0.25) is 0 Å². The SMILES string of the molecule is CSc1ncccc1C(=O)N[C@@H]1CC[C@H]2CCCC[C@H]2C1. The van der Waals surface area contributed by atoms with Gasteiger partial charge in [-0.2, -0.15) is 0 Å². The molecular weight excluding hydrogens is 280 g/mol. The second-order valence-electron chi connectivity index (χ2n) is 6.35. The normalized spacial score (nSPS) is 28.7. The van der Waals surface area contributed by atoms with Crippen LogP contribution >= 0.6 is 11.8 Å². The van der Waals surface area contributed by atoms with Crippen LogP contribution in [0.4, 0.5) is 0 Å². The first-order valence-corrected chi connectivity index (χ1v) is 9.30. The van der Waals surface area contributed by atoms with Crippen molar-refractivity contribution in [3.8, 4) is 0 Å². The fourth-order valence-corrected chi connectivity index (χ4v) is 4.54. The molecule has 0 unspecified atom stereocenters. The molecule has 3 atom stereocenters. The molecule has 1 N–H and O–H groups in total. The van der Waals surface area contributed by atoms with E-state index in [9.17, 15) is 4.79 Å². The highest BCUT2D eigenvalue weighted by molar-refractivity contribution is 7.98. The summed E-state index contributed by atoms with van der Waals surface area (Å²) in [6.45, 7) is 0. The van der Waals surface area contributed by atoms with Crippen LogP contribution in [0.2, 0.25) is 0 Å². The molecule has 0 aromatic carbocycles. The summed E-state index contributed by atoms with van der Waals surface area (Å²) in [5.74, 6) is 1.81. The molecule has 1 aromatic rings. The van der Waals surface area contributed by atoms with Gasteiger partial charge in [0.25, 0.3) is 5.91 Å². The minimum atomic E-state index is 0.0479. The molecule has 1 amide bonds. The lowest BCUT2D eigenvalue weighted by molar-refractivity contribution is 0.0876. The van der Waals surface area contributed by atoms with Gasteiger partial charge in [0, 0.05) is 12.2 Å². The molecular formula is C17H24N2OS. The Morgan fingerprint density at radius 2 is 2.05 bits per heavy atom. The summed E-state index contributed by atoms with van der Waals surface area (Å²) in [4.78, 5) is 16.8. The number of thioether (sulfide) groups is 1. The van der Waals surface area contributed by atoms with Gasteiger partial charge in [0.1, 0.15) is 5.03 Å². The van der Waals surface area contributed by atoms with E-state index in [1.165, 1.54) is 50.3 Å². The van der Waals surface area contributed by atoms with E-state index in [0.29, 0.717) is 6.04 Å². The van der Waals surface area contributed by atoms with Crippen LogP contribution < -0.4 is 5.32 Å². The monoisotopic (exact) mass is 304 g/mol. The summed E-state index contributed by atoms with van der Waals surface area (Å²) in [5.41, 5.74) is 0.718. The zero-order chi connectivity index (χ0) is 14.7. The predicted octanol–water partition coefficient (Wildman–Crippen LogP) is 3.89. The number of fused-ring (bicyclic) bond motifs is 1. The molecule has 0 aliphatic heterocycles. The molecule has 2 aliphatic carbocycles.